The Morgan fingerprint density at radius 2 is 1.74 bits per heavy atom. The van der Waals surface area contributed by atoms with Crippen LogP contribution in [0, 0.1) is 0 Å². The third-order valence-corrected chi connectivity index (χ3v) is 6.23. The first-order valence-corrected chi connectivity index (χ1v) is 10.1. The normalized spacial score (nSPS) is 21.6. The van der Waals surface area contributed by atoms with Crippen molar-refractivity contribution in [3.8, 4) is 0 Å². The summed E-state index contributed by atoms with van der Waals surface area (Å²) in [4.78, 5) is 4.93. The molecule has 2 aliphatic heterocycles. The zero-order chi connectivity index (χ0) is 19.2. The minimum Gasteiger partial charge on any atom is -0.381 e. The molecular weight excluding hydrogens is 336 g/mol. The summed E-state index contributed by atoms with van der Waals surface area (Å²) in [5.41, 5.74) is 1.01. The fourth-order valence-electron chi connectivity index (χ4n) is 4.83. The number of fused-ring (bicyclic) bond motifs is 3. The van der Waals surface area contributed by atoms with Crippen LogP contribution in [0.25, 0.3) is 0 Å². The summed E-state index contributed by atoms with van der Waals surface area (Å²) >= 11 is 0. The van der Waals surface area contributed by atoms with Gasteiger partial charge in [0, 0.05) is 5.69 Å². The smallest absolute Gasteiger partial charge is 0.334 e. The molecule has 0 spiro atoms. The summed E-state index contributed by atoms with van der Waals surface area (Å²) < 4.78 is 4.58. The molecule has 0 radical (unpaired) electrons. The van der Waals surface area contributed by atoms with Gasteiger partial charge >= 0.3 is 14.0 Å². The molecule has 0 N–H and O–H groups in total. The molecule has 2 aromatic rings. The van der Waals surface area contributed by atoms with E-state index in [1.807, 2.05) is 4.68 Å². The molecule has 1 aromatic heterocycles. The molecular formula is C18H29B2N7. The Labute approximate surface area is 162 Å². The van der Waals surface area contributed by atoms with Crippen molar-refractivity contribution in [2.45, 2.75) is 65.4 Å². The Bertz CT molecular complexity index is 781. The Hall–Kier alpha value is -2.02. The second kappa shape index (κ2) is 6.86. The first-order chi connectivity index (χ1) is 13.0. The van der Waals surface area contributed by atoms with Crippen molar-refractivity contribution in [2.24, 2.45) is 0 Å². The van der Waals surface area contributed by atoms with Crippen LogP contribution in [0.15, 0.2) is 30.3 Å². The highest BCUT2D eigenvalue weighted by molar-refractivity contribution is 6.77. The predicted octanol–water partition coefficient (Wildman–Crippen LogP) is 2.80. The van der Waals surface area contributed by atoms with Crippen LogP contribution < -0.4 is 9.62 Å². The number of aromatic nitrogens is 4. The topological polar surface area (TPSA) is 53.3 Å². The fraction of sp³-hybridized carbons (Fsp3) is 0.611. The summed E-state index contributed by atoms with van der Waals surface area (Å²) in [6.45, 7) is 13.0. The Balaban J connectivity index is 1.78. The van der Waals surface area contributed by atoms with Gasteiger partial charge in [0.2, 0.25) is 5.95 Å². The van der Waals surface area contributed by atoms with E-state index in [0.717, 1.165) is 12.5 Å². The zero-order valence-corrected chi connectivity index (χ0v) is 17.1. The maximum atomic E-state index is 4.39. The lowest BCUT2D eigenvalue weighted by atomic mass is 9.55. The minimum atomic E-state index is -0.229. The number of benzene rings is 1. The lowest BCUT2D eigenvalue weighted by Crippen LogP contribution is -2.76. The monoisotopic (exact) mass is 365 g/mol. The second-order valence-electron chi connectivity index (χ2n) is 8.28. The summed E-state index contributed by atoms with van der Waals surface area (Å²) in [7, 11) is 0. The molecule has 7 nitrogen and oxygen atoms in total. The first-order valence-electron chi connectivity index (χ1n) is 10.1. The zero-order valence-electron chi connectivity index (χ0n) is 17.1. The number of rotatable bonds is 5. The highest BCUT2D eigenvalue weighted by atomic mass is 15.7. The molecule has 9 heteroatoms. The molecule has 0 saturated carbocycles. The predicted molar refractivity (Wildman–Crippen MR) is 112 cm³/mol. The average Bonchev–Trinajstić information content (AvgIpc) is 3.22. The third kappa shape index (κ3) is 2.74. The molecule has 3 heterocycles. The highest BCUT2D eigenvalue weighted by Crippen LogP contribution is 2.43. The van der Waals surface area contributed by atoms with Crippen LogP contribution in [-0.2, 0) is 5.54 Å². The first kappa shape index (κ1) is 18.3. The Morgan fingerprint density at radius 1 is 1.04 bits per heavy atom. The van der Waals surface area contributed by atoms with E-state index in [4.69, 9.17) is 0 Å². The summed E-state index contributed by atoms with van der Waals surface area (Å²) in [6.07, 6.45) is 3.84. The maximum absolute atomic E-state index is 4.39. The molecule has 1 fully saturated rings. The van der Waals surface area contributed by atoms with E-state index < -0.39 is 0 Å². The van der Waals surface area contributed by atoms with E-state index in [-0.39, 0.29) is 25.7 Å². The van der Waals surface area contributed by atoms with Gasteiger partial charge in [-0.3, -0.25) is 0 Å². The molecule has 2 aliphatic rings. The number of nitrogens with zero attached hydrogens (tertiary/aromatic N) is 7. The quantitative estimate of drug-likeness (QED) is 0.600. The van der Waals surface area contributed by atoms with Crippen LogP contribution in [0.1, 0.15) is 40.0 Å². The summed E-state index contributed by atoms with van der Waals surface area (Å²) in [5, 5.41) is 12.7. The second-order valence-corrected chi connectivity index (χ2v) is 8.28. The van der Waals surface area contributed by atoms with E-state index >= 15 is 0 Å². The molecule has 142 valence electrons. The van der Waals surface area contributed by atoms with Gasteiger partial charge in [-0.15, -0.1) is 0 Å². The highest BCUT2D eigenvalue weighted by Gasteiger charge is 2.58. The molecule has 1 unspecified atom stereocenters. The van der Waals surface area contributed by atoms with E-state index in [1.165, 1.54) is 24.9 Å². The van der Waals surface area contributed by atoms with E-state index in [2.05, 4.69) is 94.6 Å². The third-order valence-electron chi connectivity index (χ3n) is 6.23. The van der Waals surface area contributed by atoms with Gasteiger partial charge in [-0.1, -0.05) is 56.7 Å². The Morgan fingerprint density at radius 3 is 2.44 bits per heavy atom. The average molecular weight is 365 g/mol. The van der Waals surface area contributed by atoms with Crippen molar-refractivity contribution in [2.75, 3.05) is 16.2 Å². The standard InChI is InChI=1S/C18H29B2N7/c1-6-7-11-14-24-19(4)25(15-12-9-8-10-13-15)16-18(2,3)27-17(21-22-23-27)26(16)20(24)5/h8-10,12-13,16H,6-7,11,14H2,1-5H3. The van der Waals surface area contributed by atoms with Crippen LogP contribution in [0.5, 0.6) is 0 Å². The molecule has 0 aliphatic carbocycles. The molecule has 0 amide bonds. The summed E-state index contributed by atoms with van der Waals surface area (Å²) in [5.74, 6) is 0.867. The van der Waals surface area contributed by atoms with Gasteiger partial charge in [0.25, 0.3) is 0 Å². The van der Waals surface area contributed by atoms with Crippen molar-refractivity contribution in [3.05, 3.63) is 30.3 Å². The van der Waals surface area contributed by atoms with E-state index in [1.54, 1.807) is 0 Å². The molecule has 4 rings (SSSR count). The molecule has 27 heavy (non-hydrogen) atoms. The van der Waals surface area contributed by atoms with Crippen molar-refractivity contribution >= 4 is 25.6 Å². The lowest BCUT2D eigenvalue weighted by Gasteiger charge is -2.55. The van der Waals surface area contributed by atoms with Crippen LogP contribution in [0.4, 0.5) is 11.6 Å². The largest absolute Gasteiger partial charge is 0.381 e. The van der Waals surface area contributed by atoms with Gasteiger partial charge in [-0.05, 0) is 49.4 Å². The van der Waals surface area contributed by atoms with Crippen LogP contribution >= 0.6 is 0 Å². The lowest BCUT2D eigenvalue weighted by molar-refractivity contribution is 0.292. The van der Waals surface area contributed by atoms with E-state index in [9.17, 15) is 0 Å². The van der Waals surface area contributed by atoms with Crippen LogP contribution in [0.3, 0.4) is 0 Å². The van der Waals surface area contributed by atoms with Crippen LogP contribution in [0.2, 0.25) is 13.6 Å². The molecule has 1 aromatic carbocycles. The number of unbranched alkanes of at least 4 members (excludes halogenated alkanes) is 2. The van der Waals surface area contributed by atoms with Crippen molar-refractivity contribution in [3.63, 3.8) is 0 Å². The number of para-hydroxylation sites is 1. The number of anilines is 2. The van der Waals surface area contributed by atoms with Gasteiger partial charge < -0.3 is 14.3 Å². The van der Waals surface area contributed by atoms with Gasteiger partial charge in [0.05, 0.1) is 5.54 Å². The van der Waals surface area contributed by atoms with Gasteiger partial charge in [0.1, 0.15) is 6.17 Å². The summed E-state index contributed by atoms with van der Waals surface area (Å²) in [6, 6.07) is 10.7. The molecule has 0 bridgehead atoms. The molecule has 1 atom stereocenters. The fourth-order valence-corrected chi connectivity index (χ4v) is 4.83. The molecule has 1 saturated heterocycles. The van der Waals surface area contributed by atoms with Crippen LogP contribution in [-0.4, -0.2) is 51.6 Å². The Kier molecular flexibility index (Phi) is 4.66. The van der Waals surface area contributed by atoms with Gasteiger partial charge in [-0.25, -0.2) is 4.68 Å². The van der Waals surface area contributed by atoms with Gasteiger partial charge in [0.15, 0.2) is 0 Å². The minimum absolute atomic E-state index is 0.144. The van der Waals surface area contributed by atoms with Gasteiger partial charge in [-0.2, -0.15) is 0 Å². The number of hydrogen-bond donors (Lipinski definition) is 0. The number of tetrazole rings is 1. The SMILES string of the molecule is CCCCCN1B(C)N(c2ccccc2)C2N(B1C)c1nnnn1C2(C)C. The number of hydrogen-bond acceptors (Lipinski definition) is 6. The van der Waals surface area contributed by atoms with E-state index in [0.29, 0.717) is 0 Å². The maximum Gasteiger partial charge on any atom is 0.334 e. The van der Waals surface area contributed by atoms with Crippen molar-refractivity contribution < 1.29 is 0 Å². The van der Waals surface area contributed by atoms with Crippen molar-refractivity contribution in [1.82, 2.24) is 24.9 Å². The van der Waals surface area contributed by atoms with Crippen molar-refractivity contribution in [1.29, 1.82) is 0 Å².